The monoisotopic (exact) mass is 510 g/mol. The van der Waals surface area contributed by atoms with E-state index in [1.54, 1.807) is 6.08 Å². The van der Waals surface area contributed by atoms with Crippen LogP contribution >= 0.6 is 22.9 Å². The predicted octanol–water partition coefficient (Wildman–Crippen LogP) is 5.54. The number of aromatic nitrogens is 1. The molecular formula is C30H23ClN2O2S. The highest BCUT2D eigenvalue weighted by Crippen LogP contribution is 2.41. The van der Waals surface area contributed by atoms with E-state index in [0.29, 0.717) is 26.7 Å². The first-order valence-electron chi connectivity index (χ1n) is 11.9. The Labute approximate surface area is 217 Å². The van der Waals surface area contributed by atoms with E-state index in [9.17, 15) is 4.79 Å². The third kappa shape index (κ3) is 3.94. The molecule has 36 heavy (non-hydrogen) atoms. The number of allylic oxidation sites excluding steroid dienone is 1. The molecule has 3 aromatic carbocycles. The molecule has 1 aliphatic heterocycles. The fraction of sp³-hybridized carbons (Fsp3) is 0.133. The number of benzene rings is 3. The highest BCUT2D eigenvalue weighted by molar-refractivity contribution is 7.07. The van der Waals surface area contributed by atoms with Crippen molar-refractivity contribution in [1.82, 2.24) is 4.57 Å². The molecule has 6 rings (SSSR count). The molecule has 4 nitrogen and oxygen atoms in total. The number of aryl methyl sites for hydroxylation is 1. The Bertz CT molecular complexity index is 1700. The van der Waals surface area contributed by atoms with E-state index < -0.39 is 0 Å². The Balaban J connectivity index is 1.58. The lowest BCUT2D eigenvalue weighted by Gasteiger charge is -2.30. The maximum Gasteiger partial charge on any atom is 0.271 e. The van der Waals surface area contributed by atoms with Crippen LogP contribution in [0.1, 0.15) is 34.7 Å². The summed E-state index contributed by atoms with van der Waals surface area (Å²) in [6.45, 7) is 4.13. The number of hydrogen-bond donors (Lipinski definition) is 0. The minimum Gasteiger partial charge on any atom is -0.489 e. The first-order chi connectivity index (χ1) is 17.6. The number of rotatable bonds is 5. The Morgan fingerprint density at radius 3 is 2.67 bits per heavy atom. The molecule has 0 fully saturated rings. The molecule has 2 aliphatic rings. The van der Waals surface area contributed by atoms with Gasteiger partial charge in [-0.15, -0.1) is 0 Å². The number of para-hydroxylation sites is 1. The average molecular weight is 511 g/mol. The van der Waals surface area contributed by atoms with Crippen LogP contribution in [0.2, 0.25) is 5.02 Å². The van der Waals surface area contributed by atoms with Crippen molar-refractivity contribution in [2.45, 2.75) is 18.9 Å². The van der Waals surface area contributed by atoms with Gasteiger partial charge in [-0.2, -0.15) is 0 Å². The van der Waals surface area contributed by atoms with Crippen LogP contribution in [-0.2, 0) is 6.42 Å². The molecule has 0 N–H and O–H groups in total. The summed E-state index contributed by atoms with van der Waals surface area (Å²) < 4.78 is 8.29. The standard InChI is InChI=1S/C30H23ClN2O2S/c1-2-17-35-25-10-6-4-8-21(25)18-26-29(34)33-28(20-11-14-22(31)15-12-20)24-16-13-19-7-3-5-9-23(19)27(24)32-30(33)36-26/h2-12,14-15,18,28H,1,13,16-17H2. The van der Waals surface area contributed by atoms with Crippen molar-refractivity contribution >= 4 is 34.7 Å². The predicted molar refractivity (Wildman–Crippen MR) is 146 cm³/mol. The third-order valence-electron chi connectivity index (χ3n) is 6.62. The van der Waals surface area contributed by atoms with Crippen LogP contribution in [0.3, 0.4) is 0 Å². The first kappa shape index (κ1) is 22.8. The van der Waals surface area contributed by atoms with Crippen molar-refractivity contribution in [3.8, 4) is 5.75 Å². The van der Waals surface area contributed by atoms with Gasteiger partial charge >= 0.3 is 0 Å². The topological polar surface area (TPSA) is 43.6 Å². The second kappa shape index (κ2) is 9.41. The summed E-state index contributed by atoms with van der Waals surface area (Å²) in [4.78, 5) is 19.7. The zero-order valence-corrected chi connectivity index (χ0v) is 21.1. The number of fused-ring (bicyclic) bond motifs is 3. The van der Waals surface area contributed by atoms with Crippen molar-refractivity contribution in [2.75, 3.05) is 6.61 Å². The molecule has 0 spiro atoms. The minimum absolute atomic E-state index is 0.0531. The van der Waals surface area contributed by atoms with E-state index in [1.165, 1.54) is 22.5 Å². The summed E-state index contributed by atoms with van der Waals surface area (Å²) in [7, 11) is 0. The van der Waals surface area contributed by atoms with E-state index >= 15 is 0 Å². The summed E-state index contributed by atoms with van der Waals surface area (Å²) >= 11 is 7.63. The van der Waals surface area contributed by atoms with E-state index in [-0.39, 0.29) is 11.6 Å². The molecule has 1 unspecified atom stereocenters. The van der Waals surface area contributed by atoms with Gasteiger partial charge in [0.15, 0.2) is 4.80 Å². The van der Waals surface area contributed by atoms with Crippen LogP contribution in [0, 0.1) is 0 Å². The molecule has 0 saturated heterocycles. The summed E-state index contributed by atoms with van der Waals surface area (Å²) in [5.41, 5.74) is 6.43. The summed E-state index contributed by atoms with van der Waals surface area (Å²) in [5.74, 6) is 0.714. The minimum atomic E-state index is -0.226. The molecular weight excluding hydrogens is 488 g/mol. The summed E-state index contributed by atoms with van der Waals surface area (Å²) in [6, 6.07) is 23.7. The maximum atomic E-state index is 13.9. The van der Waals surface area contributed by atoms with E-state index in [0.717, 1.165) is 35.2 Å². The highest BCUT2D eigenvalue weighted by Gasteiger charge is 2.32. The van der Waals surface area contributed by atoms with Crippen molar-refractivity contribution < 1.29 is 4.74 Å². The van der Waals surface area contributed by atoms with Crippen LogP contribution in [0.4, 0.5) is 0 Å². The van der Waals surface area contributed by atoms with Gasteiger partial charge in [-0.05, 0) is 53.8 Å². The average Bonchev–Trinajstić information content (AvgIpc) is 3.22. The lowest BCUT2D eigenvalue weighted by Crippen LogP contribution is -2.38. The zero-order valence-electron chi connectivity index (χ0n) is 19.5. The summed E-state index contributed by atoms with van der Waals surface area (Å²) in [5, 5.41) is 0.672. The molecule has 2 heterocycles. The number of thiazole rings is 1. The lowest BCUT2D eigenvalue weighted by atomic mass is 9.83. The van der Waals surface area contributed by atoms with E-state index in [4.69, 9.17) is 21.3 Å². The number of hydrogen-bond acceptors (Lipinski definition) is 4. The normalized spacial score (nSPS) is 16.6. The molecule has 1 aliphatic carbocycles. The fourth-order valence-corrected chi connectivity index (χ4v) is 6.11. The maximum absolute atomic E-state index is 13.9. The highest BCUT2D eigenvalue weighted by atomic mass is 35.5. The largest absolute Gasteiger partial charge is 0.489 e. The smallest absolute Gasteiger partial charge is 0.271 e. The van der Waals surface area contributed by atoms with Crippen LogP contribution in [-0.4, -0.2) is 11.2 Å². The first-order valence-corrected chi connectivity index (χ1v) is 13.0. The van der Waals surface area contributed by atoms with Crippen LogP contribution in [0.5, 0.6) is 5.75 Å². The van der Waals surface area contributed by atoms with Crippen molar-refractivity contribution in [1.29, 1.82) is 0 Å². The van der Waals surface area contributed by atoms with Crippen LogP contribution in [0.25, 0.3) is 11.8 Å². The van der Waals surface area contributed by atoms with E-state index in [2.05, 4.69) is 30.8 Å². The van der Waals surface area contributed by atoms with Gasteiger partial charge in [0.05, 0.1) is 16.3 Å². The van der Waals surface area contributed by atoms with E-state index in [1.807, 2.05) is 59.2 Å². The summed E-state index contributed by atoms with van der Waals surface area (Å²) in [6.07, 6.45) is 5.38. The Morgan fingerprint density at radius 2 is 1.83 bits per heavy atom. The lowest BCUT2D eigenvalue weighted by molar-refractivity contribution is 0.362. The van der Waals surface area contributed by atoms with Crippen LogP contribution < -0.4 is 19.6 Å². The molecule has 0 amide bonds. The number of nitrogens with zero attached hydrogens (tertiary/aromatic N) is 2. The second-order valence-electron chi connectivity index (χ2n) is 8.80. The van der Waals surface area contributed by atoms with Crippen LogP contribution in [0.15, 0.2) is 101 Å². The quantitative estimate of drug-likeness (QED) is 0.331. The van der Waals surface area contributed by atoms with Crippen molar-refractivity contribution in [3.05, 3.63) is 138 Å². The Morgan fingerprint density at radius 1 is 1.06 bits per heavy atom. The molecule has 1 aromatic heterocycles. The second-order valence-corrected chi connectivity index (χ2v) is 10.2. The Hall–Kier alpha value is -3.67. The zero-order chi connectivity index (χ0) is 24.6. The third-order valence-corrected chi connectivity index (χ3v) is 7.86. The van der Waals surface area contributed by atoms with Gasteiger partial charge in [0, 0.05) is 16.1 Å². The number of halogens is 1. The Kier molecular flexibility index (Phi) is 5.96. The molecule has 6 heteroatoms. The van der Waals surface area contributed by atoms with Gasteiger partial charge in [0.25, 0.3) is 5.56 Å². The molecule has 4 aromatic rings. The van der Waals surface area contributed by atoms with Gasteiger partial charge in [-0.3, -0.25) is 9.36 Å². The molecule has 1 atom stereocenters. The molecule has 0 radical (unpaired) electrons. The SMILES string of the molecule is C=CCOc1ccccc1C=c1sc2n(c1=O)C(c1ccc(Cl)cc1)C1=C(N=2)c2ccccc2CC1. The van der Waals surface area contributed by atoms with Crippen molar-refractivity contribution in [2.24, 2.45) is 4.99 Å². The molecule has 178 valence electrons. The van der Waals surface area contributed by atoms with Gasteiger partial charge in [0.2, 0.25) is 0 Å². The van der Waals surface area contributed by atoms with Gasteiger partial charge in [-0.25, -0.2) is 4.99 Å². The number of ether oxygens (including phenoxy) is 1. The fourth-order valence-electron chi connectivity index (χ4n) is 4.99. The molecule has 0 bridgehead atoms. The van der Waals surface area contributed by atoms with Gasteiger partial charge in [-0.1, -0.05) is 90.2 Å². The molecule has 0 saturated carbocycles. The van der Waals surface area contributed by atoms with Gasteiger partial charge in [0.1, 0.15) is 12.4 Å². The van der Waals surface area contributed by atoms with Gasteiger partial charge < -0.3 is 4.74 Å². The van der Waals surface area contributed by atoms with Crippen molar-refractivity contribution in [3.63, 3.8) is 0 Å².